The van der Waals surface area contributed by atoms with Crippen LogP contribution >= 0.6 is 11.6 Å². The van der Waals surface area contributed by atoms with E-state index in [1.165, 1.54) is 19.3 Å². The molecule has 4 atom stereocenters. The molecular formula is C19H29ClN3O2+. The summed E-state index contributed by atoms with van der Waals surface area (Å²) >= 11 is 5.84. The van der Waals surface area contributed by atoms with E-state index in [2.05, 4.69) is 17.6 Å². The van der Waals surface area contributed by atoms with E-state index >= 15 is 0 Å². The molecule has 5 nitrogen and oxygen atoms in total. The van der Waals surface area contributed by atoms with E-state index in [0.29, 0.717) is 16.6 Å². The van der Waals surface area contributed by atoms with Crippen LogP contribution in [0.1, 0.15) is 39.5 Å². The van der Waals surface area contributed by atoms with Crippen molar-refractivity contribution in [3.8, 4) is 0 Å². The summed E-state index contributed by atoms with van der Waals surface area (Å²) < 4.78 is 0. The van der Waals surface area contributed by atoms with E-state index in [1.54, 1.807) is 24.3 Å². The number of anilines is 1. The van der Waals surface area contributed by atoms with Gasteiger partial charge in [0.1, 0.15) is 0 Å². The fraction of sp³-hybridized carbons (Fsp3) is 0.579. The lowest BCUT2D eigenvalue weighted by molar-refractivity contribution is -0.885. The van der Waals surface area contributed by atoms with E-state index < -0.39 is 0 Å². The molecule has 1 fully saturated rings. The Balaban J connectivity index is 1.81. The molecule has 0 bridgehead atoms. The van der Waals surface area contributed by atoms with Crippen molar-refractivity contribution >= 4 is 29.1 Å². The lowest BCUT2D eigenvalue weighted by Gasteiger charge is -2.31. The van der Waals surface area contributed by atoms with Gasteiger partial charge in [0, 0.05) is 16.8 Å². The van der Waals surface area contributed by atoms with Crippen LogP contribution in [-0.4, -0.2) is 37.5 Å². The summed E-state index contributed by atoms with van der Waals surface area (Å²) in [6, 6.07) is 6.97. The Labute approximate surface area is 155 Å². The van der Waals surface area contributed by atoms with Crippen molar-refractivity contribution in [2.45, 2.75) is 51.6 Å². The van der Waals surface area contributed by atoms with Crippen molar-refractivity contribution < 1.29 is 14.5 Å². The number of rotatable bonds is 6. The highest BCUT2D eigenvalue weighted by molar-refractivity contribution is 6.30. The molecule has 0 saturated heterocycles. The van der Waals surface area contributed by atoms with Crippen LogP contribution in [0.4, 0.5) is 5.69 Å². The average Bonchev–Trinajstić information content (AvgIpc) is 2.58. The van der Waals surface area contributed by atoms with Gasteiger partial charge in [0.15, 0.2) is 12.6 Å². The third-order valence-electron chi connectivity index (χ3n) is 5.14. The molecule has 1 saturated carbocycles. The predicted molar refractivity (Wildman–Crippen MR) is 101 cm³/mol. The minimum absolute atomic E-state index is 0.0237. The second-order valence-corrected chi connectivity index (χ2v) is 7.61. The van der Waals surface area contributed by atoms with E-state index in [0.717, 1.165) is 11.3 Å². The summed E-state index contributed by atoms with van der Waals surface area (Å²) in [6.07, 6.45) is 4.65. The topological polar surface area (TPSA) is 62.6 Å². The van der Waals surface area contributed by atoms with Crippen molar-refractivity contribution in [1.82, 2.24) is 5.32 Å². The van der Waals surface area contributed by atoms with Gasteiger partial charge in [-0.15, -0.1) is 0 Å². The molecule has 6 heteroatoms. The molecule has 25 heavy (non-hydrogen) atoms. The van der Waals surface area contributed by atoms with Gasteiger partial charge in [-0.3, -0.25) is 9.59 Å². The zero-order valence-electron chi connectivity index (χ0n) is 15.3. The van der Waals surface area contributed by atoms with E-state index in [9.17, 15) is 9.59 Å². The van der Waals surface area contributed by atoms with Gasteiger partial charge in [0.05, 0.1) is 7.05 Å². The number of carbonyl (C=O) groups excluding carboxylic acids is 2. The molecule has 0 heterocycles. The number of nitrogens with one attached hydrogen (secondary N) is 3. The highest BCUT2D eigenvalue weighted by Crippen LogP contribution is 2.23. The molecule has 0 aromatic heterocycles. The van der Waals surface area contributed by atoms with Gasteiger partial charge in [-0.05, 0) is 49.9 Å². The first-order valence-corrected chi connectivity index (χ1v) is 9.42. The molecular weight excluding hydrogens is 338 g/mol. The number of hydrogen-bond donors (Lipinski definition) is 3. The minimum Gasteiger partial charge on any atom is -0.348 e. The SMILES string of the molecule is C[C@H](C(=O)N[C@@H]1CCCC[C@@H]1C)[NH+](C)CC(=O)Nc1ccc(Cl)cc1. The van der Waals surface area contributed by atoms with Crippen LogP contribution in [0, 0.1) is 5.92 Å². The molecule has 3 N–H and O–H groups in total. The zero-order valence-corrected chi connectivity index (χ0v) is 16.0. The first-order chi connectivity index (χ1) is 11.9. The largest absolute Gasteiger partial charge is 0.348 e. The molecule has 0 spiro atoms. The van der Waals surface area contributed by atoms with Gasteiger partial charge in [0.2, 0.25) is 0 Å². The number of likely N-dealkylation sites (N-methyl/N-ethyl adjacent to an activating group) is 1. The van der Waals surface area contributed by atoms with Gasteiger partial charge >= 0.3 is 0 Å². The number of hydrogen-bond acceptors (Lipinski definition) is 2. The van der Waals surface area contributed by atoms with Gasteiger partial charge < -0.3 is 15.5 Å². The Morgan fingerprint density at radius 2 is 1.88 bits per heavy atom. The number of amides is 2. The number of benzene rings is 1. The maximum atomic E-state index is 12.5. The Morgan fingerprint density at radius 3 is 2.52 bits per heavy atom. The van der Waals surface area contributed by atoms with Crippen molar-refractivity contribution in [3.63, 3.8) is 0 Å². The minimum atomic E-state index is -0.273. The lowest BCUT2D eigenvalue weighted by atomic mass is 9.86. The molecule has 1 aromatic carbocycles. The molecule has 1 unspecified atom stereocenters. The quantitative estimate of drug-likeness (QED) is 0.719. The number of quaternary nitrogens is 1. The van der Waals surface area contributed by atoms with E-state index in [-0.39, 0.29) is 30.4 Å². The van der Waals surface area contributed by atoms with Crippen LogP contribution in [0.15, 0.2) is 24.3 Å². The second kappa shape index (κ2) is 9.20. The Kier molecular flexibility index (Phi) is 7.26. The van der Waals surface area contributed by atoms with Crippen LogP contribution in [0.2, 0.25) is 5.02 Å². The Hall–Kier alpha value is -1.59. The highest BCUT2D eigenvalue weighted by atomic mass is 35.5. The second-order valence-electron chi connectivity index (χ2n) is 7.18. The average molecular weight is 367 g/mol. The first-order valence-electron chi connectivity index (χ1n) is 9.05. The van der Waals surface area contributed by atoms with Gasteiger partial charge in [0.25, 0.3) is 11.8 Å². The van der Waals surface area contributed by atoms with Crippen LogP contribution in [0.25, 0.3) is 0 Å². The molecule has 138 valence electrons. The van der Waals surface area contributed by atoms with E-state index in [1.807, 2.05) is 14.0 Å². The summed E-state index contributed by atoms with van der Waals surface area (Å²) in [7, 11) is 1.87. The molecule has 2 amide bonds. The highest BCUT2D eigenvalue weighted by Gasteiger charge is 2.29. The molecule has 0 radical (unpaired) electrons. The van der Waals surface area contributed by atoms with Crippen LogP contribution in [0.5, 0.6) is 0 Å². The van der Waals surface area contributed by atoms with E-state index in [4.69, 9.17) is 11.6 Å². The van der Waals surface area contributed by atoms with Crippen molar-refractivity contribution in [1.29, 1.82) is 0 Å². The van der Waals surface area contributed by atoms with Crippen molar-refractivity contribution in [2.75, 3.05) is 18.9 Å². The fourth-order valence-electron chi connectivity index (χ4n) is 3.21. The monoisotopic (exact) mass is 366 g/mol. The molecule has 1 aliphatic carbocycles. The zero-order chi connectivity index (χ0) is 18.4. The molecule has 1 aromatic rings. The standard InChI is InChI=1S/C19H28ClN3O2/c1-13-6-4-5-7-17(13)22-19(25)14(2)23(3)12-18(24)21-16-10-8-15(20)9-11-16/h8-11,13-14,17H,4-7,12H2,1-3H3,(H,21,24)(H,22,25)/p+1/t13-,14+,17+/m0/s1. The van der Waals surface area contributed by atoms with Crippen LogP contribution in [0.3, 0.4) is 0 Å². The number of halogens is 1. The third-order valence-corrected chi connectivity index (χ3v) is 5.39. The summed E-state index contributed by atoms with van der Waals surface area (Å²) in [5, 5.41) is 6.63. The summed E-state index contributed by atoms with van der Waals surface area (Å²) in [4.78, 5) is 25.5. The summed E-state index contributed by atoms with van der Waals surface area (Å²) in [5.74, 6) is 0.430. The maximum absolute atomic E-state index is 12.5. The maximum Gasteiger partial charge on any atom is 0.279 e. The third kappa shape index (κ3) is 6.01. The fourth-order valence-corrected chi connectivity index (χ4v) is 3.33. The molecule has 1 aliphatic rings. The lowest BCUT2D eigenvalue weighted by Crippen LogP contribution is -3.15. The summed E-state index contributed by atoms with van der Waals surface area (Å²) in [6.45, 7) is 4.30. The van der Waals surface area contributed by atoms with Crippen molar-refractivity contribution in [3.05, 3.63) is 29.3 Å². The smallest absolute Gasteiger partial charge is 0.279 e. The first kappa shape index (κ1) is 19.7. The molecule has 0 aliphatic heterocycles. The van der Waals surface area contributed by atoms with Crippen molar-refractivity contribution in [2.24, 2.45) is 5.92 Å². The normalized spacial score (nSPS) is 22.7. The molecule has 2 rings (SSSR count). The van der Waals surface area contributed by atoms with Gasteiger partial charge in [-0.2, -0.15) is 0 Å². The van der Waals surface area contributed by atoms with Gasteiger partial charge in [-0.1, -0.05) is 31.4 Å². The summed E-state index contributed by atoms with van der Waals surface area (Å²) in [5.41, 5.74) is 0.704. The Morgan fingerprint density at radius 1 is 1.24 bits per heavy atom. The Bertz CT molecular complexity index is 591. The van der Waals surface area contributed by atoms with Crippen LogP contribution < -0.4 is 15.5 Å². The number of carbonyl (C=O) groups is 2. The predicted octanol–water partition coefficient (Wildman–Crippen LogP) is 1.88. The van der Waals surface area contributed by atoms with Crippen LogP contribution in [-0.2, 0) is 9.59 Å². The van der Waals surface area contributed by atoms with Gasteiger partial charge in [-0.25, -0.2) is 0 Å².